The number of anilines is 2. The molecule has 1 aliphatic heterocycles. The molecule has 4 heterocycles. The lowest BCUT2D eigenvalue weighted by atomic mass is 10.00. The molecule has 2 fully saturated rings. The fourth-order valence-electron chi connectivity index (χ4n) is 5.05. The van der Waals surface area contributed by atoms with E-state index in [1.54, 1.807) is 24.6 Å². The minimum atomic E-state index is -4.73. The molecule has 0 spiro atoms. The van der Waals surface area contributed by atoms with Gasteiger partial charge in [-0.1, -0.05) is 0 Å². The Hall–Kier alpha value is -4.07. The van der Waals surface area contributed by atoms with Gasteiger partial charge in [0.25, 0.3) is 5.91 Å². The molecule has 210 valence electrons. The minimum Gasteiger partial charge on any atom is -0.378 e. The van der Waals surface area contributed by atoms with Crippen LogP contribution in [0.15, 0.2) is 30.6 Å². The highest BCUT2D eigenvalue weighted by molar-refractivity contribution is 6.04. The third-order valence-electron chi connectivity index (χ3n) is 7.36. The van der Waals surface area contributed by atoms with Crippen LogP contribution in [0.4, 0.5) is 33.3 Å². The zero-order chi connectivity index (χ0) is 28.4. The van der Waals surface area contributed by atoms with Crippen LogP contribution < -0.4 is 10.2 Å². The molecule has 1 N–H and O–H groups in total. The molecule has 1 saturated heterocycles. The molecule has 6 rings (SSSR count). The zero-order valence-corrected chi connectivity index (χ0v) is 21.5. The van der Waals surface area contributed by atoms with Gasteiger partial charge < -0.3 is 15.0 Å². The van der Waals surface area contributed by atoms with Crippen molar-refractivity contribution in [1.29, 1.82) is 0 Å². The number of aromatic nitrogens is 5. The number of carbonyl (C=O) groups excluding carboxylic acids is 1. The van der Waals surface area contributed by atoms with Crippen molar-refractivity contribution in [2.24, 2.45) is 0 Å². The molecule has 1 saturated carbocycles. The highest BCUT2D eigenvalue weighted by Gasteiger charge is 2.66. The number of hydrogen-bond acceptors (Lipinski definition) is 6. The van der Waals surface area contributed by atoms with Crippen LogP contribution in [0.3, 0.4) is 0 Å². The fourth-order valence-corrected chi connectivity index (χ4v) is 5.05. The number of rotatable bonds is 5. The summed E-state index contributed by atoms with van der Waals surface area (Å²) in [4.78, 5) is 19.5. The number of amides is 1. The van der Waals surface area contributed by atoms with Crippen LogP contribution >= 0.6 is 0 Å². The third kappa shape index (κ3) is 4.26. The van der Waals surface area contributed by atoms with Gasteiger partial charge in [-0.15, -0.1) is 0 Å². The largest absolute Gasteiger partial charge is 0.413 e. The van der Waals surface area contributed by atoms with Crippen LogP contribution in [-0.2, 0) is 10.3 Å². The van der Waals surface area contributed by atoms with E-state index in [2.05, 4.69) is 25.4 Å². The van der Waals surface area contributed by atoms with Crippen molar-refractivity contribution >= 4 is 22.9 Å². The number of fused-ring (bicyclic) bond motifs is 1. The van der Waals surface area contributed by atoms with Crippen molar-refractivity contribution in [2.75, 3.05) is 36.5 Å². The molecule has 4 aromatic rings. The maximum absolute atomic E-state index is 15.0. The van der Waals surface area contributed by atoms with Gasteiger partial charge in [0, 0.05) is 24.8 Å². The van der Waals surface area contributed by atoms with Crippen LogP contribution in [0.1, 0.15) is 34.6 Å². The third-order valence-corrected chi connectivity index (χ3v) is 7.36. The first-order valence-electron chi connectivity index (χ1n) is 12.6. The number of carbonyl (C=O) groups is 1. The Morgan fingerprint density at radius 3 is 2.50 bits per heavy atom. The van der Waals surface area contributed by atoms with Gasteiger partial charge >= 0.3 is 6.18 Å². The number of aryl methyl sites for hydroxylation is 2. The van der Waals surface area contributed by atoms with Crippen molar-refractivity contribution in [3.8, 4) is 11.1 Å². The summed E-state index contributed by atoms with van der Waals surface area (Å²) < 4.78 is 77.6. The first-order valence-corrected chi connectivity index (χ1v) is 12.6. The van der Waals surface area contributed by atoms with E-state index in [0.29, 0.717) is 54.5 Å². The van der Waals surface area contributed by atoms with Gasteiger partial charge in [0.05, 0.1) is 30.8 Å². The van der Waals surface area contributed by atoms with E-state index in [0.717, 1.165) is 11.9 Å². The monoisotopic (exact) mass is 561 g/mol. The molecule has 9 nitrogen and oxygen atoms in total. The molecule has 0 bridgehead atoms. The Balaban J connectivity index is 1.35. The summed E-state index contributed by atoms with van der Waals surface area (Å²) in [5, 5.41) is 10.2. The second-order valence-electron chi connectivity index (χ2n) is 10.0. The predicted octanol–water partition coefficient (Wildman–Crippen LogP) is 4.63. The SMILES string of the molecule is Cc1nc2c(N3CCOCC3)cc(-c3cc(NC(=O)c4cnn(C5(C(F)(F)F)CC5)c4F)c(F)cc3C)cn2n1. The van der Waals surface area contributed by atoms with Crippen LogP contribution in [0.2, 0.25) is 0 Å². The van der Waals surface area contributed by atoms with Crippen molar-refractivity contribution < 1.29 is 31.5 Å². The van der Waals surface area contributed by atoms with E-state index >= 15 is 0 Å². The molecule has 0 radical (unpaired) electrons. The molecule has 14 heteroatoms. The van der Waals surface area contributed by atoms with Crippen LogP contribution in [-0.4, -0.2) is 62.8 Å². The average molecular weight is 562 g/mol. The average Bonchev–Trinajstić information content (AvgIpc) is 3.50. The van der Waals surface area contributed by atoms with E-state index in [9.17, 15) is 26.7 Å². The molecular formula is C26H24F5N7O2. The van der Waals surface area contributed by atoms with E-state index in [1.807, 2.05) is 6.07 Å². The fraction of sp³-hybridized carbons (Fsp3) is 0.385. The molecule has 2 aliphatic rings. The Morgan fingerprint density at radius 2 is 1.82 bits per heavy atom. The standard InChI is InChI=1S/C26H24F5N7O2/c1-14-9-19(27)20(34-24(39)18-12-32-38(22(18)28)25(3-4-25)26(29,30)31)11-17(14)16-10-21(36-5-7-40-8-6-36)23-33-15(2)35-37(23)13-16/h9-13H,3-8H2,1-2H3,(H,34,39). The lowest BCUT2D eigenvalue weighted by Crippen LogP contribution is -2.36. The molecular weight excluding hydrogens is 537 g/mol. The van der Waals surface area contributed by atoms with Gasteiger partial charge in [0.2, 0.25) is 5.95 Å². The number of nitrogens with one attached hydrogen (secondary N) is 1. The summed E-state index contributed by atoms with van der Waals surface area (Å²) in [6, 6.07) is 4.52. The number of ether oxygens (including phenoxy) is 1. The van der Waals surface area contributed by atoms with Crippen molar-refractivity contribution in [1.82, 2.24) is 24.4 Å². The van der Waals surface area contributed by atoms with E-state index < -0.39 is 35.0 Å². The summed E-state index contributed by atoms with van der Waals surface area (Å²) in [6.45, 7) is 5.85. The van der Waals surface area contributed by atoms with Gasteiger partial charge in [0.15, 0.2) is 11.2 Å². The van der Waals surface area contributed by atoms with Gasteiger partial charge in [-0.05, 0) is 56.0 Å². The second-order valence-corrected chi connectivity index (χ2v) is 10.0. The molecule has 1 aromatic carbocycles. The summed E-state index contributed by atoms with van der Waals surface area (Å²) >= 11 is 0. The Morgan fingerprint density at radius 1 is 1.10 bits per heavy atom. The van der Waals surface area contributed by atoms with Gasteiger partial charge in [-0.3, -0.25) is 4.79 Å². The smallest absolute Gasteiger partial charge is 0.378 e. The number of pyridine rings is 1. The second kappa shape index (κ2) is 9.25. The summed E-state index contributed by atoms with van der Waals surface area (Å²) in [5.41, 5.74) is -0.213. The predicted molar refractivity (Wildman–Crippen MR) is 134 cm³/mol. The van der Waals surface area contributed by atoms with Crippen LogP contribution in [0, 0.1) is 25.6 Å². The maximum Gasteiger partial charge on any atom is 0.413 e. The number of nitrogens with zero attached hydrogens (tertiary/aromatic N) is 6. The quantitative estimate of drug-likeness (QED) is 0.358. The molecule has 3 aromatic heterocycles. The highest BCUT2D eigenvalue weighted by atomic mass is 19.4. The van der Waals surface area contributed by atoms with Gasteiger partial charge in [-0.2, -0.15) is 27.8 Å². The number of halogens is 5. The van der Waals surface area contributed by atoms with Crippen LogP contribution in [0.5, 0.6) is 0 Å². The number of morpholine rings is 1. The number of hydrogen-bond donors (Lipinski definition) is 1. The molecule has 1 amide bonds. The van der Waals surface area contributed by atoms with Gasteiger partial charge in [-0.25, -0.2) is 18.6 Å². The number of alkyl halides is 3. The van der Waals surface area contributed by atoms with Crippen molar-refractivity contribution in [3.05, 3.63) is 59.3 Å². The first-order chi connectivity index (χ1) is 19.0. The Kier molecular flexibility index (Phi) is 6.05. The van der Waals surface area contributed by atoms with Gasteiger partial charge in [0.1, 0.15) is 17.2 Å². The van der Waals surface area contributed by atoms with E-state index in [-0.39, 0.29) is 23.2 Å². The first kappa shape index (κ1) is 26.2. The number of benzene rings is 1. The molecule has 40 heavy (non-hydrogen) atoms. The minimum absolute atomic E-state index is 0.196. The lowest BCUT2D eigenvalue weighted by Gasteiger charge is -2.29. The lowest BCUT2D eigenvalue weighted by molar-refractivity contribution is -0.184. The van der Waals surface area contributed by atoms with Crippen molar-refractivity contribution in [3.63, 3.8) is 0 Å². The topological polar surface area (TPSA) is 89.6 Å². The highest BCUT2D eigenvalue weighted by Crippen LogP contribution is 2.55. The normalized spacial score (nSPS) is 16.9. The van der Waals surface area contributed by atoms with Crippen molar-refractivity contribution in [2.45, 2.75) is 38.4 Å². The summed E-state index contributed by atoms with van der Waals surface area (Å²) in [6.07, 6.45) is -2.95. The van der Waals surface area contributed by atoms with E-state index in [1.165, 1.54) is 12.1 Å². The summed E-state index contributed by atoms with van der Waals surface area (Å²) in [7, 11) is 0. The van der Waals surface area contributed by atoms with E-state index in [4.69, 9.17) is 4.74 Å². The molecule has 0 atom stereocenters. The summed E-state index contributed by atoms with van der Waals surface area (Å²) in [5.74, 6) is -2.77. The Bertz CT molecular complexity index is 1630. The van der Waals surface area contributed by atoms with Crippen LogP contribution in [0.25, 0.3) is 16.8 Å². The maximum atomic E-state index is 15.0. The molecule has 1 aliphatic carbocycles. The zero-order valence-electron chi connectivity index (χ0n) is 21.5. The Labute approximate surface area is 224 Å². The molecule has 0 unspecified atom stereocenters.